The molecule has 0 aliphatic heterocycles. The minimum absolute atomic E-state index is 0.831. The largest absolute Gasteiger partial charge is 0.430 e. The third kappa shape index (κ3) is 2.39. The van der Waals surface area contributed by atoms with Crippen LogP contribution in [0, 0.1) is 0 Å². The van der Waals surface area contributed by atoms with Crippen LogP contribution in [0.5, 0.6) is 0 Å². The SMILES string of the molecule is C=C(N(C)C)C(F)(F)F. The molecule has 0 aliphatic carbocycles. The number of nitrogens with zero attached hydrogens (tertiary/aromatic N) is 1. The Bertz CT molecular complexity index is 114. The second kappa shape index (κ2) is 2.29. The van der Waals surface area contributed by atoms with Gasteiger partial charge in [0.2, 0.25) is 0 Å². The van der Waals surface area contributed by atoms with Crippen molar-refractivity contribution < 1.29 is 13.2 Å². The molecule has 0 saturated heterocycles. The number of halogens is 3. The summed E-state index contributed by atoms with van der Waals surface area (Å²) in [5.41, 5.74) is -0.831. The maximum atomic E-state index is 11.6. The van der Waals surface area contributed by atoms with E-state index in [2.05, 4.69) is 6.58 Å². The molecule has 0 aromatic carbocycles. The molecule has 54 valence electrons. The molecule has 0 aromatic rings. The highest BCUT2D eigenvalue weighted by molar-refractivity contribution is 4.98. The van der Waals surface area contributed by atoms with Crippen molar-refractivity contribution in [1.82, 2.24) is 4.90 Å². The molecule has 0 atom stereocenters. The number of rotatable bonds is 1. The average molecular weight is 139 g/mol. The second-order valence-electron chi connectivity index (χ2n) is 1.84. The molecule has 0 bridgehead atoms. The summed E-state index contributed by atoms with van der Waals surface area (Å²) < 4.78 is 34.7. The molecular formula is C5H8F3N. The number of alkyl halides is 3. The monoisotopic (exact) mass is 139 g/mol. The van der Waals surface area contributed by atoms with Crippen molar-refractivity contribution in [2.24, 2.45) is 0 Å². The highest BCUT2D eigenvalue weighted by Crippen LogP contribution is 2.24. The summed E-state index contributed by atoms with van der Waals surface area (Å²) in [4.78, 5) is 0.931. The lowest BCUT2D eigenvalue weighted by Crippen LogP contribution is -2.23. The van der Waals surface area contributed by atoms with Gasteiger partial charge in [-0.05, 0) is 0 Å². The zero-order valence-electron chi connectivity index (χ0n) is 5.29. The fraction of sp³-hybridized carbons (Fsp3) is 0.600. The molecule has 0 aliphatic rings. The van der Waals surface area contributed by atoms with E-state index in [1.54, 1.807) is 0 Å². The molecule has 0 radical (unpaired) electrons. The summed E-state index contributed by atoms with van der Waals surface area (Å²) in [7, 11) is 2.60. The highest BCUT2D eigenvalue weighted by atomic mass is 19.4. The van der Waals surface area contributed by atoms with Gasteiger partial charge in [0.15, 0.2) is 0 Å². The maximum absolute atomic E-state index is 11.6. The lowest BCUT2D eigenvalue weighted by molar-refractivity contribution is -0.107. The number of hydrogen-bond acceptors (Lipinski definition) is 1. The van der Waals surface area contributed by atoms with E-state index in [1.807, 2.05) is 0 Å². The molecule has 0 spiro atoms. The van der Waals surface area contributed by atoms with E-state index in [1.165, 1.54) is 14.1 Å². The molecule has 1 nitrogen and oxygen atoms in total. The highest BCUT2D eigenvalue weighted by Gasteiger charge is 2.33. The Morgan fingerprint density at radius 3 is 1.67 bits per heavy atom. The van der Waals surface area contributed by atoms with E-state index in [4.69, 9.17) is 0 Å². The third-order valence-electron chi connectivity index (χ3n) is 0.867. The lowest BCUT2D eigenvalue weighted by Gasteiger charge is -2.17. The van der Waals surface area contributed by atoms with Crippen molar-refractivity contribution in [3.63, 3.8) is 0 Å². The van der Waals surface area contributed by atoms with Crippen molar-refractivity contribution in [2.75, 3.05) is 14.1 Å². The van der Waals surface area contributed by atoms with Crippen LogP contribution in [0.4, 0.5) is 13.2 Å². The molecule has 0 amide bonds. The molecule has 0 saturated carbocycles. The van der Waals surface area contributed by atoms with Crippen molar-refractivity contribution in [3.05, 3.63) is 12.3 Å². The molecule has 0 unspecified atom stereocenters. The van der Waals surface area contributed by atoms with Crippen molar-refractivity contribution in [3.8, 4) is 0 Å². The topological polar surface area (TPSA) is 3.24 Å². The van der Waals surface area contributed by atoms with E-state index < -0.39 is 11.9 Å². The first kappa shape index (κ1) is 8.33. The first-order valence-electron chi connectivity index (χ1n) is 2.29. The fourth-order valence-corrected chi connectivity index (χ4v) is 0.254. The zero-order valence-corrected chi connectivity index (χ0v) is 5.29. The van der Waals surface area contributed by atoms with E-state index in [9.17, 15) is 13.2 Å². The second-order valence-corrected chi connectivity index (χ2v) is 1.84. The molecular weight excluding hydrogens is 131 g/mol. The van der Waals surface area contributed by atoms with Crippen LogP contribution in [0.2, 0.25) is 0 Å². The molecule has 0 fully saturated rings. The van der Waals surface area contributed by atoms with E-state index >= 15 is 0 Å². The van der Waals surface area contributed by atoms with Gasteiger partial charge in [0.1, 0.15) is 5.70 Å². The Hall–Kier alpha value is -0.670. The van der Waals surface area contributed by atoms with Crippen LogP contribution >= 0.6 is 0 Å². The van der Waals surface area contributed by atoms with Gasteiger partial charge in [0.05, 0.1) is 0 Å². The van der Waals surface area contributed by atoms with E-state index in [0.29, 0.717) is 0 Å². The fourth-order valence-electron chi connectivity index (χ4n) is 0.254. The maximum Gasteiger partial charge on any atom is 0.430 e. The molecule has 0 aromatic heterocycles. The first-order valence-corrected chi connectivity index (χ1v) is 2.29. The molecule has 9 heavy (non-hydrogen) atoms. The van der Waals surface area contributed by atoms with Gasteiger partial charge in [-0.1, -0.05) is 6.58 Å². The predicted molar refractivity (Wildman–Crippen MR) is 28.9 cm³/mol. The number of allylic oxidation sites excluding steroid dienone is 1. The van der Waals surface area contributed by atoms with Crippen LogP contribution in [0.25, 0.3) is 0 Å². The molecule has 0 heterocycles. The van der Waals surface area contributed by atoms with Gasteiger partial charge < -0.3 is 4.90 Å². The van der Waals surface area contributed by atoms with Crippen LogP contribution in [0.15, 0.2) is 12.3 Å². The van der Waals surface area contributed by atoms with Gasteiger partial charge in [0.25, 0.3) is 0 Å². The van der Waals surface area contributed by atoms with Crippen LogP contribution in [0.1, 0.15) is 0 Å². The Morgan fingerprint density at radius 1 is 1.33 bits per heavy atom. The van der Waals surface area contributed by atoms with Crippen LogP contribution in [-0.4, -0.2) is 25.2 Å². The van der Waals surface area contributed by atoms with Crippen molar-refractivity contribution in [1.29, 1.82) is 0 Å². The normalized spacial score (nSPS) is 11.2. The Labute approximate surface area is 51.8 Å². The van der Waals surface area contributed by atoms with Crippen molar-refractivity contribution in [2.45, 2.75) is 6.18 Å². The Morgan fingerprint density at radius 2 is 1.67 bits per heavy atom. The Balaban J connectivity index is 4.06. The summed E-state index contributed by atoms with van der Waals surface area (Å²) in [6.07, 6.45) is -4.29. The molecule has 0 rings (SSSR count). The molecule has 0 N–H and O–H groups in total. The van der Waals surface area contributed by atoms with Crippen LogP contribution < -0.4 is 0 Å². The smallest absolute Gasteiger partial charge is 0.374 e. The third-order valence-corrected chi connectivity index (χ3v) is 0.867. The lowest BCUT2D eigenvalue weighted by atomic mass is 10.4. The standard InChI is InChI=1S/C5H8F3N/c1-4(9(2)3)5(6,7)8/h1H2,2-3H3. The Kier molecular flexibility index (Phi) is 2.12. The predicted octanol–water partition coefficient (Wildman–Crippen LogP) is 1.62. The van der Waals surface area contributed by atoms with Gasteiger partial charge in [-0.2, -0.15) is 13.2 Å². The van der Waals surface area contributed by atoms with Crippen molar-refractivity contribution >= 4 is 0 Å². The van der Waals surface area contributed by atoms with Gasteiger partial charge in [-0.25, -0.2) is 0 Å². The quantitative estimate of drug-likeness (QED) is 0.533. The summed E-state index contributed by atoms with van der Waals surface area (Å²) in [6, 6.07) is 0. The van der Waals surface area contributed by atoms with E-state index in [0.717, 1.165) is 4.90 Å². The summed E-state index contributed by atoms with van der Waals surface area (Å²) in [5.74, 6) is 0. The average Bonchev–Trinajstić information content (AvgIpc) is 1.62. The van der Waals surface area contributed by atoms with E-state index in [-0.39, 0.29) is 0 Å². The van der Waals surface area contributed by atoms with Gasteiger partial charge in [-0.15, -0.1) is 0 Å². The minimum atomic E-state index is -4.29. The zero-order chi connectivity index (χ0) is 7.65. The van der Waals surface area contributed by atoms with Gasteiger partial charge in [-0.3, -0.25) is 0 Å². The minimum Gasteiger partial charge on any atom is -0.374 e. The summed E-state index contributed by atoms with van der Waals surface area (Å²) in [5, 5.41) is 0. The molecule has 4 heteroatoms. The van der Waals surface area contributed by atoms with Gasteiger partial charge in [0, 0.05) is 14.1 Å². The van der Waals surface area contributed by atoms with Crippen LogP contribution in [0.3, 0.4) is 0 Å². The summed E-state index contributed by atoms with van der Waals surface area (Å²) in [6.45, 7) is 2.83. The first-order chi connectivity index (χ1) is 3.85. The number of hydrogen-bond donors (Lipinski definition) is 0. The van der Waals surface area contributed by atoms with Crippen LogP contribution in [-0.2, 0) is 0 Å². The summed E-state index contributed by atoms with van der Waals surface area (Å²) >= 11 is 0. The van der Waals surface area contributed by atoms with Gasteiger partial charge >= 0.3 is 6.18 Å².